The number of aromatic nitrogens is 1. The summed E-state index contributed by atoms with van der Waals surface area (Å²) in [6.45, 7) is 6.89. The van der Waals surface area contributed by atoms with Crippen LogP contribution in [0.25, 0.3) is 0 Å². The van der Waals surface area contributed by atoms with Gasteiger partial charge in [-0.2, -0.15) is 5.26 Å². The maximum absolute atomic E-state index is 11.8. The van der Waals surface area contributed by atoms with Crippen molar-refractivity contribution < 1.29 is 9.53 Å². The molecule has 0 aromatic carbocycles. The van der Waals surface area contributed by atoms with Crippen molar-refractivity contribution in [3.63, 3.8) is 0 Å². The Balaban J connectivity index is 1.95. The molecule has 1 N–H and O–H groups in total. The molecule has 1 amide bonds. The van der Waals surface area contributed by atoms with Crippen molar-refractivity contribution in [2.24, 2.45) is 0 Å². The Bertz CT molecular complexity index is 560. The minimum absolute atomic E-state index is 0.00778. The van der Waals surface area contributed by atoms with Crippen molar-refractivity contribution in [1.29, 1.82) is 5.26 Å². The van der Waals surface area contributed by atoms with E-state index in [-0.39, 0.29) is 6.04 Å². The number of hydrogen-bond donors (Lipinski definition) is 1. The standard InChI is InChI=1S/C15H20N4O2/c1-15(2,3)21-14(20)18-12-6-8-19(10-12)13-11(9-16)5-4-7-17-13/h4-5,7,12H,6,8,10H2,1-3H3,(H,18,20)/t12-/m1/s1. The van der Waals surface area contributed by atoms with Crippen LogP contribution in [-0.4, -0.2) is 35.8 Å². The van der Waals surface area contributed by atoms with Gasteiger partial charge in [0.25, 0.3) is 0 Å². The fraction of sp³-hybridized carbons (Fsp3) is 0.533. The zero-order chi connectivity index (χ0) is 15.5. The highest BCUT2D eigenvalue weighted by Crippen LogP contribution is 2.21. The van der Waals surface area contributed by atoms with E-state index in [4.69, 9.17) is 10.00 Å². The monoisotopic (exact) mass is 288 g/mol. The second-order valence-electron chi connectivity index (χ2n) is 6.06. The number of carbonyl (C=O) groups is 1. The summed E-state index contributed by atoms with van der Waals surface area (Å²) in [6, 6.07) is 5.64. The summed E-state index contributed by atoms with van der Waals surface area (Å²) in [5, 5.41) is 12.0. The van der Waals surface area contributed by atoms with Gasteiger partial charge in [0.1, 0.15) is 17.5 Å². The number of carbonyl (C=O) groups excluding carboxylic acids is 1. The van der Waals surface area contributed by atoms with Crippen LogP contribution in [-0.2, 0) is 4.74 Å². The molecule has 0 spiro atoms. The highest BCUT2D eigenvalue weighted by Gasteiger charge is 2.27. The molecule has 0 radical (unpaired) electrons. The molecule has 2 heterocycles. The molecule has 6 nitrogen and oxygen atoms in total. The number of rotatable bonds is 2. The maximum Gasteiger partial charge on any atom is 0.407 e. The molecule has 6 heteroatoms. The third kappa shape index (κ3) is 4.09. The lowest BCUT2D eigenvalue weighted by atomic mass is 10.2. The summed E-state index contributed by atoms with van der Waals surface area (Å²) in [5.41, 5.74) is 0.0487. The van der Waals surface area contributed by atoms with Gasteiger partial charge in [-0.3, -0.25) is 0 Å². The average Bonchev–Trinajstić information content (AvgIpc) is 2.84. The van der Waals surface area contributed by atoms with Gasteiger partial charge in [-0.15, -0.1) is 0 Å². The highest BCUT2D eigenvalue weighted by molar-refractivity contribution is 5.68. The van der Waals surface area contributed by atoms with E-state index in [1.165, 1.54) is 0 Å². The quantitative estimate of drug-likeness (QED) is 0.901. The van der Waals surface area contributed by atoms with Crippen LogP contribution in [0.4, 0.5) is 10.6 Å². The summed E-state index contributed by atoms with van der Waals surface area (Å²) in [5.74, 6) is 0.675. The van der Waals surface area contributed by atoms with Gasteiger partial charge in [-0.05, 0) is 39.3 Å². The third-order valence-corrected chi connectivity index (χ3v) is 3.12. The van der Waals surface area contributed by atoms with Crippen molar-refractivity contribution >= 4 is 11.9 Å². The first-order valence-corrected chi connectivity index (χ1v) is 6.98. The molecule has 1 aliphatic rings. The maximum atomic E-state index is 11.8. The average molecular weight is 288 g/mol. The summed E-state index contributed by atoms with van der Waals surface area (Å²) < 4.78 is 5.25. The van der Waals surface area contributed by atoms with Crippen LogP contribution >= 0.6 is 0 Å². The number of ether oxygens (including phenoxy) is 1. The molecule has 0 saturated carbocycles. The van der Waals surface area contributed by atoms with Crippen LogP contribution in [0.5, 0.6) is 0 Å². The predicted octanol–water partition coefficient (Wildman–Crippen LogP) is 2.06. The number of amides is 1. The van der Waals surface area contributed by atoms with E-state index in [9.17, 15) is 4.79 Å². The lowest BCUT2D eigenvalue weighted by molar-refractivity contribution is 0.0509. The van der Waals surface area contributed by atoms with E-state index in [0.29, 0.717) is 17.9 Å². The topological polar surface area (TPSA) is 78.2 Å². The van der Waals surface area contributed by atoms with Gasteiger partial charge in [0, 0.05) is 19.3 Å². The van der Waals surface area contributed by atoms with Crippen LogP contribution in [0, 0.1) is 11.3 Å². The summed E-state index contributed by atoms with van der Waals surface area (Å²) in [4.78, 5) is 18.0. The lowest BCUT2D eigenvalue weighted by Gasteiger charge is -2.22. The molecule has 1 atom stereocenters. The number of nitrogens with one attached hydrogen (secondary N) is 1. The minimum atomic E-state index is -0.503. The molecule has 1 aromatic heterocycles. The van der Waals surface area contributed by atoms with Crippen LogP contribution in [0.3, 0.4) is 0 Å². The molecule has 0 bridgehead atoms. The number of nitriles is 1. The van der Waals surface area contributed by atoms with Crippen LogP contribution in [0.1, 0.15) is 32.8 Å². The Morgan fingerprint density at radius 1 is 1.57 bits per heavy atom. The Labute approximate surface area is 124 Å². The van der Waals surface area contributed by atoms with Gasteiger partial charge in [0.2, 0.25) is 0 Å². The molecule has 1 saturated heterocycles. The van der Waals surface area contributed by atoms with Gasteiger partial charge < -0.3 is 15.0 Å². The molecule has 0 aliphatic carbocycles. The van der Waals surface area contributed by atoms with E-state index in [2.05, 4.69) is 16.4 Å². The van der Waals surface area contributed by atoms with Gasteiger partial charge in [0.15, 0.2) is 0 Å². The molecule has 21 heavy (non-hydrogen) atoms. The summed E-state index contributed by atoms with van der Waals surface area (Å²) >= 11 is 0. The van der Waals surface area contributed by atoms with E-state index < -0.39 is 11.7 Å². The number of hydrogen-bond acceptors (Lipinski definition) is 5. The zero-order valence-corrected chi connectivity index (χ0v) is 12.6. The number of alkyl carbamates (subject to hydrolysis) is 1. The molecule has 1 aliphatic heterocycles. The van der Waals surface area contributed by atoms with Crippen LogP contribution < -0.4 is 10.2 Å². The SMILES string of the molecule is CC(C)(C)OC(=O)N[C@@H]1CCN(c2ncccc2C#N)C1. The molecular weight excluding hydrogens is 268 g/mol. The fourth-order valence-corrected chi connectivity index (χ4v) is 2.28. The molecule has 2 rings (SSSR count). The van der Waals surface area contributed by atoms with Gasteiger partial charge >= 0.3 is 6.09 Å². The van der Waals surface area contributed by atoms with E-state index in [1.807, 2.05) is 25.7 Å². The van der Waals surface area contributed by atoms with Crippen molar-refractivity contribution in [2.75, 3.05) is 18.0 Å². The van der Waals surface area contributed by atoms with Crippen molar-refractivity contribution in [3.05, 3.63) is 23.9 Å². The Morgan fingerprint density at radius 3 is 3.00 bits per heavy atom. The van der Waals surface area contributed by atoms with Gasteiger partial charge in [-0.1, -0.05) is 0 Å². The third-order valence-electron chi connectivity index (χ3n) is 3.12. The minimum Gasteiger partial charge on any atom is -0.444 e. The Hall–Kier alpha value is -2.29. The Kier molecular flexibility index (Phi) is 4.32. The van der Waals surface area contributed by atoms with Gasteiger partial charge in [0.05, 0.1) is 11.6 Å². The molecular formula is C15H20N4O2. The highest BCUT2D eigenvalue weighted by atomic mass is 16.6. The largest absolute Gasteiger partial charge is 0.444 e. The van der Waals surface area contributed by atoms with Crippen LogP contribution in [0.15, 0.2) is 18.3 Å². The second kappa shape index (κ2) is 6.00. The molecule has 0 unspecified atom stereocenters. The molecule has 112 valence electrons. The Morgan fingerprint density at radius 2 is 2.33 bits per heavy atom. The normalized spacial score (nSPS) is 18.2. The first-order chi connectivity index (χ1) is 9.89. The lowest BCUT2D eigenvalue weighted by Crippen LogP contribution is -2.40. The van der Waals surface area contributed by atoms with Crippen molar-refractivity contribution in [2.45, 2.75) is 38.8 Å². The predicted molar refractivity (Wildman–Crippen MR) is 78.9 cm³/mol. The van der Waals surface area contributed by atoms with E-state index in [0.717, 1.165) is 13.0 Å². The smallest absolute Gasteiger partial charge is 0.407 e. The zero-order valence-electron chi connectivity index (χ0n) is 12.6. The molecule has 1 aromatic rings. The van der Waals surface area contributed by atoms with Crippen molar-refractivity contribution in [1.82, 2.24) is 10.3 Å². The van der Waals surface area contributed by atoms with E-state index >= 15 is 0 Å². The number of pyridine rings is 1. The fourth-order valence-electron chi connectivity index (χ4n) is 2.28. The van der Waals surface area contributed by atoms with Gasteiger partial charge in [-0.25, -0.2) is 9.78 Å². The first-order valence-electron chi connectivity index (χ1n) is 6.98. The number of nitrogens with zero attached hydrogens (tertiary/aromatic N) is 3. The number of anilines is 1. The van der Waals surface area contributed by atoms with E-state index in [1.54, 1.807) is 18.3 Å². The van der Waals surface area contributed by atoms with Crippen molar-refractivity contribution in [3.8, 4) is 6.07 Å². The molecule has 1 fully saturated rings. The first kappa shape index (κ1) is 15.1. The summed E-state index contributed by atoms with van der Waals surface area (Å²) in [7, 11) is 0. The summed E-state index contributed by atoms with van der Waals surface area (Å²) in [6.07, 6.45) is 2.07. The van der Waals surface area contributed by atoms with Crippen LogP contribution in [0.2, 0.25) is 0 Å². The second-order valence-corrected chi connectivity index (χ2v) is 6.06.